The summed E-state index contributed by atoms with van der Waals surface area (Å²) in [5.41, 5.74) is 7.61. The van der Waals surface area contributed by atoms with Crippen molar-refractivity contribution >= 4 is 11.4 Å². The molecule has 1 rings (SSSR count). The maximum Gasteiger partial charge on any atom is 0.121 e. The first kappa shape index (κ1) is 10.6. The fourth-order valence-electron chi connectivity index (χ4n) is 1.23. The number of ether oxygens (including phenoxy) is 1. The van der Waals surface area contributed by atoms with Crippen LogP contribution < -0.4 is 10.5 Å². The fourth-order valence-corrected chi connectivity index (χ4v) is 1.23. The van der Waals surface area contributed by atoms with Crippen LogP contribution in [0.3, 0.4) is 0 Å². The smallest absolute Gasteiger partial charge is 0.121 e. The van der Waals surface area contributed by atoms with Gasteiger partial charge in [-0.15, -0.1) is 0 Å². The molecule has 3 heteroatoms. The Morgan fingerprint density at radius 1 is 1.43 bits per heavy atom. The second-order valence-electron chi connectivity index (χ2n) is 3.54. The van der Waals surface area contributed by atoms with Crippen molar-refractivity contribution in [1.29, 1.82) is 5.41 Å². The van der Waals surface area contributed by atoms with E-state index in [0.717, 1.165) is 11.3 Å². The Hall–Kier alpha value is -1.51. The van der Waals surface area contributed by atoms with Crippen molar-refractivity contribution in [3.63, 3.8) is 0 Å². The van der Waals surface area contributed by atoms with Gasteiger partial charge in [0, 0.05) is 23.0 Å². The van der Waals surface area contributed by atoms with E-state index < -0.39 is 0 Å². The molecule has 0 heterocycles. The maximum absolute atomic E-state index is 7.47. The summed E-state index contributed by atoms with van der Waals surface area (Å²) in [6.07, 6.45) is 0.140. The molecule has 0 aliphatic rings. The van der Waals surface area contributed by atoms with Gasteiger partial charge in [-0.3, -0.25) is 0 Å². The molecule has 3 N–H and O–H groups in total. The molecule has 0 aliphatic heterocycles. The first-order valence-electron chi connectivity index (χ1n) is 4.62. The molecule has 0 saturated heterocycles. The SMILES string of the molecule is CC(=N)c1ccc(OC(C)C)cc1N. The van der Waals surface area contributed by atoms with Crippen LogP contribution in [0, 0.1) is 5.41 Å². The number of anilines is 1. The number of rotatable bonds is 3. The molecule has 0 amide bonds. The summed E-state index contributed by atoms with van der Waals surface area (Å²) in [5, 5.41) is 7.47. The quantitative estimate of drug-likeness (QED) is 0.570. The average Bonchev–Trinajstić information content (AvgIpc) is 2.01. The highest BCUT2D eigenvalue weighted by molar-refractivity contribution is 6.01. The van der Waals surface area contributed by atoms with E-state index in [4.69, 9.17) is 15.9 Å². The third kappa shape index (κ3) is 2.49. The first-order valence-corrected chi connectivity index (χ1v) is 4.62. The highest BCUT2D eigenvalue weighted by Gasteiger charge is 2.04. The number of nitrogens with one attached hydrogen (secondary N) is 1. The van der Waals surface area contributed by atoms with Gasteiger partial charge in [0.1, 0.15) is 5.75 Å². The first-order chi connectivity index (χ1) is 6.50. The standard InChI is InChI=1S/C11H16N2O/c1-7(2)14-9-4-5-10(8(3)12)11(13)6-9/h4-7,12H,13H2,1-3H3. The summed E-state index contributed by atoms with van der Waals surface area (Å²) in [4.78, 5) is 0. The van der Waals surface area contributed by atoms with E-state index >= 15 is 0 Å². The van der Waals surface area contributed by atoms with Crippen LogP contribution in [0.2, 0.25) is 0 Å². The second-order valence-corrected chi connectivity index (χ2v) is 3.54. The van der Waals surface area contributed by atoms with Crippen molar-refractivity contribution in [2.24, 2.45) is 0 Å². The van der Waals surface area contributed by atoms with Crippen LogP contribution in [0.25, 0.3) is 0 Å². The van der Waals surface area contributed by atoms with Gasteiger partial charge < -0.3 is 15.9 Å². The van der Waals surface area contributed by atoms with Gasteiger partial charge in [0.15, 0.2) is 0 Å². The molecule has 1 aromatic rings. The van der Waals surface area contributed by atoms with Crippen molar-refractivity contribution in [2.45, 2.75) is 26.9 Å². The van der Waals surface area contributed by atoms with Crippen LogP contribution in [-0.2, 0) is 0 Å². The third-order valence-corrected chi connectivity index (χ3v) is 1.80. The van der Waals surface area contributed by atoms with E-state index in [9.17, 15) is 0 Å². The lowest BCUT2D eigenvalue weighted by atomic mass is 10.1. The number of nitrogen functional groups attached to an aromatic ring is 1. The molecule has 0 saturated carbocycles. The Bertz CT molecular complexity index is 345. The number of nitrogens with two attached hydrogens (primary N) is 1. The normalized spacial score (nSPS) is 10.3. The monoisotopic (exact) mass is 192 g/mol. The topological polar surface area (TPSA) is 59.1 Å². The molecule has 76 valence electrons. The van der Waals surface area contributed by atoms with Crippen molar-refractivity contribution in [2.75, 3.05) is 5.73 Å². The zero-order chi connectivity index (χ0) is 10.7. The van der Waals surface area contributed by atoms with Gasteiger partial charge in [-0.25, -0.2) is 0 Å². The van der Waals surface area contributed by atoms with E-state index in [2.05, 4.69) is 0 Å². The van der Waals surface area contributed by atoms with E-state index in [1.807, 2.05) is 26.0 Å². The molecule has 0 radical (unpaired) electrons. The minimum atomic E-state index is 0.140. The van der Waals surface area contributed by atoms with E-state index in [-0.39, 0.29) is 6.10 Å². The summed E-state index contributed by atoms with van der Waals surface area (Å²) in [5.74, 6) is 0.752. The highest BCUT2D eigenvalue weighted by atomic mass is 16.5. The van der Waals surface area contributed by atoms with Crippen LogP contribution in [0.5, 0.6) is 5.75 Å². The molecule has 0 aliphatic carbocycles. The van der Waals surface area contributed by atoms with Crippen molar-refractivity contribution in [3.05, 3.63) is 23.8 Å². The molecule has 0 unspecified atom stereocenters. The van der Waals surface area contributed by atoms with Gasteiger partial charge in [0.05, 0.1) is 6.10 Å². The van der Waals surface area contributed by atoms with Crippen molar-refractivity contribution in [1.82, 2.24) is 0 Å². The Morgan fingerprint density at radius 2 is 2.07 bits per heavy atom. The highest BCUT2D eigenvalue weighted by Crippen LogP contribution is 2.21. The number of hydrogen-bond acceptors (Lipinski definition) is 3. The average molecular weight is 192 g/mol. The number of benzene rings is 1. The zero-order valence-electron chi connectivity index (χ0n) is 8.79. The summed E-state index contributed by atoms with van der Waals surface area (Å²) in [6, 6.07) is 5.41. The Morgan fingerprint density at radius 3 is 2.50 bits per heavy atom. The lowest BCUT2D eigenvalue weighted by Gasteiger charge is -2.11. The van der Waals surface area contributed by atoms with E-state index in [0.29, 0.717) is 11.4 Å². The van der Waals surface area contributed by atoms with Crippen LogP contribution in [0.15, 0.2) is 18.2 Å². The molecular formula is C11H16N2O. The molecule has 0 atom stereocenters. The van der Waals surface area contributed by atoms with Crippen LogP contribution in [0.4, 0.5) is 5.69 Å². The maximum atomic E-state index is 7.47. The van der Waals surface area contributed by atoms with Gasteiger partial charge in [0.25, 0.3) is 0 Å². The molecule has 3 nitrogen and oxygen atoms in total. The molecule has 0 spiro atoms. The molecular weight excluding hydrogens is 176 g/mol. The summed E-state index contributed by atoms with van der Waals surface area (Å²) in [6.45, 7) is 5.65. The summed E-state index contributed by atoms with van der Waals surface area (Å²) < 4.78 is 5.48. The van der Waals surface area contributed by atoms with Crippen molar-refractivity contribution < 1.29 is 4.74 Å². The minimum absolute atomic E-state index is 0.140. The molecule has 1 aromatic carbocycles. The van der Waals surface area contributed by atoms with E-state index in [1.165, 1.54) is 0 Å². The Labute approximate surface area is 84.4 Å². The lowest BCUT2D eigenvalue weighted by molar-refractivity contribution is 0.242. The molecule has 14 heavy (non-hydrogen) atoms. The van der Waals surface area contributed by atoms with E-state index in [1.54, 1.807) is 13.0 Å². The molecule has 0 aromatic heterocycles. The van der Waals surface area contributed by atoms with Gasteiger partial charge in [-0.05, 0) is 32.9 Å². The van der Waals surface area contributed by atoms with Crippen LogP contribution >= 0.6 is 0 Å². The zero-order valence-corrected chi connectivity index (χ0v) is 8.79. The lowest BCUT2D eigenvalue weighted by Crippen LogP contribution is -2.07. The summed E-state index contributed by atoms with van der Waals surface area (Å²) in [7, 11) is 0. The largest absolute Gasteiger partial charge is 0.491 e. The molecule has 0 bridgehead atoms. The van der Waals surface area contributed by atoms with Gasteiger partial charge >= 0.3 is 0 Å². The predicted octanol–water partition coefficient (Wildman–Crippen LogP) is 2.44. The van der Waals surface area contributed by atoms with Gasteiger partial charge in [-0.2, -0.15) is 0 Å². The van der Waals surface area contributed by atoms with Crippen molar-refractivity contribution in [3.8, 4) is 5.75 Å². The summed E-state index contributed by atoms with van der Waals surface area (Å²) >= 11 is 0. The Kier molecular flexibility index (Phi) is 3.12. The fraction of sp³-hybridized carbons (Fsp3) is 0.364. The van der Waals surface area contributed by atoms with Crippen LogP contribution in [-0.4, -0.2) is 11.8 Å². The van der Waals surface area contributed by atoms with Gasteiger partial charge in [0.2, 0.25) is 0 Å². The van der Waals surface area contributed by atoms with Crippen LogP contribution in [0.1, 0.15) is 26.3 Å². The number of hydrogen-bond donors (Lipinski definition) is 2. The van der Waals surface area contributed by atoms with Gasteiger partial charge in [-0.1, -0.05) is 0 Å². The second kappa shape index (κ2) is 4.13. The third-order valence-electron chi connectivity index (χ3n) is 1.80. The minimum Gasteiger partial charge on any atom is -0.491 e. The predicted molar refractivity (Wildman–Crippen MR) is 59.1 cm³/mol. The molecule has 0 fully saturated rings. The Balaban J connectivity index is 2.94.